The van der Waals surface area contributed by atoms with Crippen LogP contribution in [0.3, 0.4) is 0 Å². The van der Waals surface area contributed by atoms with E-state index in [4.69, 9.17) is 4.74 Å². The smallest absolute Gasteiger partial charge is 0.0623 e. The van der Waals surface area contributed by atoms with E-state index in [0.717, 1.165) is 16.8 Å². The van der Waals surface area contributed by atoms with E-state index in [1.54, 1.807) is 7.11 Å². The second-order valence-electron chi connectivity index (χ2n) is 3.21. The molecule has 1 unspecified atom stereocenters. The number of nitrogens with one attached hydrogen (secondary N) is 1. The Kier molecular flexibility index (Phi) is 6.32. The van der Waals surface area contributed by atoms with Crippen molar-refractivity contribution in [3.8, 4) is 0 Å². The van der Waals surface area contributed by atoms with E-state index < -0.39 is 0 Å². The van der Waals surface area contributed by atoms with Crippen LogP contribution in [0.15, 0.2) is 33.6 Å². The minimum atomic E-state index is 0.406. The molecule has 1 aromatic carbocycles. The fourth-order valence-corrected chi connectivity index (χ4v) is 2.39. The van der Waals surface area contributed by atoms with Gasteiger partial charge in [-0.1, -0.05) is 15.9 Å². The molecular weight excluding hydrogens is 274 g/mol. The average Bonchev–Trinajstić information content (AvgIpc) is 2.26. The summed E-state index contributed by atoms with van der Waals surface area (Å²) in [6.07, 6.45) is 0. The number of rotatable bonds is 6. The van der Waals surface area contributed by atoms with Gasteiger partial charge in [-0.3, -0.25) is 0 Å². The Morgan fingerprint density at radius 1 is 1.40 bits per heavy atom. The van der Waals surface area contributed by atoms with Crippen LogP contribution in [-0.2, 0) is 4.74 Å². The van der Waals surface area contributed by atoms with Gasteiger partial charge in [-0.25, -0.2) is 0 Å². The van der Waals surface area contributed by atoms with E-state index in [-0.39, 0.29) is 0 Å². The average molecular weight is 290 g/mol. The summed E-state index contributed by atoms with van der Waals surface area (Å²) in [6.45, 7) is 0.750. The number of halogens is 1. The number of hydrogen-bond donors (Lipinski definition) is 1. The molecule has 0 amide bonds. The molecule has 0 heterocycles. The standard InChI is InChI=1S/C11H16BrNOS/c1-13-10(7-14-2)8-15-11-5-3-9(12)4-6-11/h3-6,10,13H,7-8H2,1-2H3. The van der Waals surface area contributed by atoms with Crippen LogP contribution in [0.25, 0.3) is 0 Å². The summed E-state index contributed by atoms with van der Waals surface area (Å²) in [5, 5.41) is 3.23. The molecule has 84 valence electrons. The minimum Gasteiger partial charge on any atom is -0.383 e. The van der Waals surface area contributed by atoms with Crippen molar-refractivity contribution in [2.75, 3.05) is 26.5 Å². The number of ether oxygens (including phenoxy) is 1. The van der Waals surface area contributed by atoms with E-state index in [1.165, 1.54) is 4.90 Å². The Labute approximate surface area is 104 Å². The lowest BCUT2D eigenvalue weighted by Gasteiger charge is -2.14. The Bertz CT molecular complexity index is 278. The number of thioether (sulfide) groups is 1. The summed E-state index contributed by atoms with van der Waals surface area (Å²) >= 11 is 5.26. The fourth-order valence-electron chi connectivity index (χ4n) is 1.14. The summed E-state index contributed by atoms with van der Waals surface area (Å²) in [4.78, 5) is 1.29. The quantitative estimate of drug-likeness (QED) is 0.814. The van der Waals surface area contributed by atoms with E-state index in [1.807, 2.05) is 18.8 Å². The maximum Gasteiger partial charge on any atom is 0.0623 e. The molecule has 0 fully saturated rings. The molecule has 0 saturated carbocycles. The van der Waals surface area contributed by atoms with E-state index in [9.17, 15) is 0 Å². The zero-order valence-electron chi connectivity index (χ0n) is 9.00. The van der Waals surface area contributed by atoms with Crippen LogP contribution in [-0.4, -0.2) is 32.6 Å². The molecule has 0 aliphatic heterocycles. The zero-order valence-corrected chi connectivity index (χ0v) is 11.4. The van der Waals surface area contributed by atoms with Gasteiger partial charge in [0.1, 0.15) is 0 Å². The lowest BCUT2D eigenvalue weighted by molar-refractivity contribution is 0.177. The van der Waals surface area contributed by atoms with Crippen molar-refractivity contribution in [1.29, 1.82) is 0 Å². The van der Waals surface area contributed by atoms with Gasteiger partial charge < -0.3 is 10.1 Å². The van der Waals surface area contributed by atoms with Crippen molar-refractivity contribution >= 4 is 27.7 Å². The SMILES string of the molecule is CNC(COC)CSc1ccc(Br)cc1. The summed E-state index contributed by atoms with van der Waals surface area (Å²) < 4.78 is 6.24. The Morgan fingerprint density at radius 3 is 2.60 bits per heavy atom. The number of benzene rings is 1. The van der Waals surface area contributed by atoms with Gasteiger partial charge in [0.15, 0.2) is 0 Å². The third-order valence-electron chi connectivity index (χ3n) is 2.04. The van der Waals surface area contributed by atoms with Crippen LogP contribution < -0.4 is 5.32 Å². The zero-order chi connectivity index (χ0) is 11.1. The molecule has 1 N–H and O–H groups in total. The predicted molar refractivity (Wildman–Crippen MR) is 69.6 cm³/mol. The first-order chi connectivity index (χ1) is 7.26. The van der Waals surface area contributed by atoms with Crippen LogP contribution in [0.5, 0.6) is 0 Å². The van der Waals surface area contributed by atoms with Crippen molar-refractivity contribution in [2.24, 2.45) is 0 Å². The third-order valence-corrected chi connectivity index (χ3v) is 3.74. The van der Waals surface area contributed by atoms with Crippen LogP contribution in [0, 0.1) is 0 Å². The number of likely N-dealkylation sites (N-methyl/N-ethyl adjacent to an activating group) is 1. The summed E-state index contributed by atoms with van der Waals surface area (Å²) in [7, 11) is 3.69. The van der Waals surface area contributed by atoms with Crippen LogP contribution in [0.1, 0.15) is 0 Å². The van der Waals surface area contributed by atoms with Gasteiger partial charge in [0.2, 0.25) is 0 Å². The topological polar surface area (TPSA) is 21.3 Å². The largest absolute Gasteiger partial charge is 0.383 e. The Balaban J connectivity index is 2.38. The fraction of sp³-hybridized carbons (Fsp3) is 0.455. The van der Waals surface area contributed by atoms with E-state index in [0.29, 0.717) is 6.04 Å². The van der Waals surface area contributed by atoms with Gasteiger partial charge in [-0.2, -0.15) is 0 Å². The van der Waals surface area contributed by atoms with Gasteiger partial charge in [-0.15, -0.1) is 11.8 Å². The first-order valence-corrected chi connectivity index (χ1v) is 6.58. The molecule has 1 atom stereocenters. The molecule has 0 saturated heterocycles. The molecule has 0 aliphatic rings. The molecule has 0 bridgehead atoms. The molecule has 2 nitrogen and oxygen atoms in total. The minimum absolute atomic E-state index is 0.406. The molecule has 4 heteroatoms. The Hall–Kier alpha value is -0.0300. The monoisotopic (exact) mass is 289 g/mol. The van der Waals surface area contributed by atoms with Crippen molar-refractivity contribution in [1.82, 2.24) is 5.32 Å². The van der Waals surface area contributed by atoms with E-state index >= 15 is 0 Å². The van der Waals surface area contributed by atoms with Crippen LogP contribution in [0.2, 0.25) is 0 Å². The normalized spacial score (nSPS) is 12.7. The highest BCUT2D eigenvalue weighted by Crippen LogP contribution is 2.21. The van der Waals surface area contributed by atoms with Gasteiger partial charge in [0.25, 0.3) is 0 Å². The molecule has 1 aromatic rings. The second kappa shape index (κ2) is 7.28. The molecule has 1 rings (SSSR count). The molecule has 15 heavy (non-hydrogen) atoms. The van der Waals surface area contributed by atoms with Gasteiger partial charge >= 0.3 is 0 Å². The van der Waals surface area contributed by atoms with Crippen molar-refractivity contribution < 1.29 is 4.74 Å². The van der Waals surface area contributed by atoms with Crippen LogP contribution in [0.4, 0.5) is 0 Å². The van der Waals surface area contributed by atoms with Crippen LogP contribution >= 0.6 is 27.7 Å². The Morgan fingerprint density at radius 2 is 2.07 bits per heavy atom. The molecular formula is C11H16BrNOS. The number of hydrogen-bond acceptors (Lipinski definition) is 3. The highest BCUT2D eigenvalue weighted by molar-refractivity contribution is 9.10. The summed E-state index contributed by atoms with van der Waals surface area (Å²) in [5.74, 6) is 1.02. The molecule has 0 spiro atoms. The third kappa shape index (κ3) is 5.02. The maximum absolute atomic E-state index is 5.12. The number of methoxy groups -OCH3 is 1. The molecule has 0 aliphatic carbocycles. The summed E-state index contributed by atoms with van der Waals surface area (Å²) in [5.41, 5.74) is 0. The summed E-state index contributed by atoms with van der Waals surface area (Å²) in [6, 6.07) is 8.77. The molecule has 0 radical (unpaired) electrons. The van der Waals surface area contributed by atoms with E-state index in [2.05, 4.69) is 45.5 Å². The first kappa shape index (κ1) is 13.0. The van der Waals surface area contributed by atoms with Gasteiger partial charge in [0, 0.05) is 28.3 Å². The molecule has 0 aromatic heterocycles. The maximum atomic E-state index is 5.12. The van der Waals surface area contributed by atoms with Gasteiger partial charge in [-0.05, 0) is 31.3 Å². The highest BCUT2D eigenvalue weighted by Gasteiger charge is 2.05. The highest BCUT2D eigenvalue weighted by atomic mass is 79.9. The van der Waals surface area contributed by atoms with Crippen molar-refractivity contribution in [2.45, 2.75) is 10.9 Å². The lowest BCUT2D eigenvalue weighted by Crippen LogP contribution is -2.32. The lowest BCUT2D eigenvalue weighted by atomic mass is 10.4. The van der Waals surface area contributed by atoms with Gasteiger partial charge in [0.05, 0.1) is 6.61 Å². The predicted octanol–water partition coefficient (Wildman–Crippen LogP) is 2.78. The second-order valence-corrected chi connectivity index (χ2v) is 5.21. The van der Waals surface area contributed by atoms with Crippen molar-refractivity contribution in [3.63, 3.8) is 0 Å². The first-order valence-electron chi connectivity index (χ1n) is 4.81. The van der Waals surface area contributed by atoms with Crippen molar-refractivity contribution in [3.05, 3.63) is 28.7 Å².